The van der Waals surface area contributed by atoms with E-state index in [0.29, 0.717) is 0 Å². The van der Waals surface area contributed by atoms with Crippen molar-refractivity contribution < 1.29 is 5.11 Å². The normalized spacial score (nSPS) is 13.6. The number of aromatic nitrogens is 1. The second-order valence-corrected chi connectivity index (χ2v) is 4.73. The van der Waals surface area contributed by atoms with Crippen LogP contribution in [0.4, 0.5) is 5.82 Å². The van der Waals surface area contributed by atoms with Crippen molar-refractivity contribution in [2.45, 2.75) is 32.4 Å². The summed E-state index contributed by atoms with van der Waals surface area (Å²) in [5, 5.41) is 9.35. The van der Waals surface area contributed by atoms with Gasteiger partial charge in [0.2, 0.25) is 0 Å². The van der Waals surface area contributed by atoms with Crippen LogP contribution in [0.1, 0.15) is 32.4 Å². The number of rotatable bonds is 4. The number of nitrogens with zero attached hydrogens (tertiary/aromatic N) is 2. The van der Waals surface area contributed by atoms with E-state index in [1.165, 1.54) is 0 Å². The van der Waals surface area contributed by atoms with E-state index in [1.807, 2.05) is 44.9 Å². The Labute approximate surface area is 97.1 Å². The van der Waals surface area contributed by atoms with Gasteiger partial charge in [-0.2, -0.15) is 0 Å². The molecule has 0 saturated carbocycles. The van der Waals surface area contributed by atoms with Gasteiger partial charge in [0.1, 0.15) is 5.82 Å². The Kier molecular flexibility index (Phi) is 3.88. The number of pyridine rings is 1. The van der Waals surface area contributed by atoms with Crippen LogP contribution in [0.3, 0.4) is 0 Å². The van der Waals surface area contributed by atoms with E-state index in [-0.39, 0.29) is 18.2 Å². The lowest BCUT2D eigenvalue weighted by Crippen LogP contribution is -2.45. The largest absolute Gasteiger partial charge is 0.394 e. The highest BCUT2D eigenvalue weighted by Gasteiger charge is 2.25. The molecule has 0 aromatic carbocycles. The van der Waals surface area contributed by atoms with E-state index in [0.717, 1.165) is 11.4 Å². The molecule has 4 nitrogen and oxygen atoms in total. The summed E-state index contributed by atoms with van der Waals surface area (Å²) in [5.41, 5.74) is 6.55. The molecule has 16 heavy (non-hydrogen) atoms. The Morgan fingerprint density at radius 1 is 1.56 bits per heavy atom. The van der Waals surface area contributed by atoms with Crippen molar-refractivity contribution in [3.8, 4) is 0 Å². The molecule has 0 spiro atoms. The van der Waals surface area contributed by atoms with E-state index in [4.69, 9.17) is 5.73 Å². The minimum atomic E-state index is -0.349. The molecule has 0 fully saturated rings. The zero-order valence-corrected chi connectivity index (χ0v) is 10.4. The molecule has 1 heterocycles. The predicted octanol–water partition coefficient (Wildman–Crippen LogP) is 1.31. The fourth-order valence-corrected chi connectivity index (χ4v) is 1.44. The first kappa shape index (κ1) is 12.9. The Bertz CT molecular complexity index is 350. The molecule has 0 radical (unpaired) electrons. The lowest BCUT2D eigenvalue weighted by Gasteiger charge is -2.36. The minimum Gasteiger partial charge on any atom is -0.394 e. The van der Waals surface area contributed by atoms with Gasteiger partial charge in [0, 0.05) is 24.8 Å². The smallest absolute Gasteiger partial charge is 0.133 e. The lowest BCUT2D eigenvalue weighted by atomic mass is 10.0. The Balaban J connectivity index is 3.13. The van der Waals surface area contributed by atoms with Gasteiger partial charge in [0.15, 0.2) is 0 Å². The zero-order valence-electron chi connectivity index (χ0n) is 10.4. The first-order valence-electron chi connectivity index (χ1n) is 5.45. The summed E-state index contributed by atoms with van der Waals surface area (Å²) in [6, 6.07) is 3.78. The van der Waals surface area contributed by atoms with E-state index < -0.39 is 0 Å². The van der Waals surface area contributed by atoms with Crippen molar-refractivity contribution in [2.75, 3.05) is 18.6 Å². The monoisotopic (exact) mass is 223 g/mol. The molecule has 0 aliphatic heterocycles. The van der Waals surface area contributed by atoms with Crippen LogP contribution < -0.4 is 10.6 Å². The van der Waals surface area contributed by atoms with Gasteiger partial charge in [0.25, 0.3) is 0 Å². The van der Waals surface area contributed by atoms with Crippen LogP contribution in [0, 0.1) is 0 Å². The van der Waals surface area contributed by atoms with Gasteiger partial charge in [-0.15, -0.1) is 0 Å². The van der Waals surface area contributed by atoms with Crippen LogP contribution >= 0.6 is 0 Å². The fourth-order valence-electron chi connectivity index (χ4n) is 1.44. The van der Waals surface area contributed by atoms with Gasteiger partial charge in [-0.05, 0) is 26.8 Å². The third kappa shape index (κ3) is 2.51. The van der Waals surface area contributed by atoms with Crippen LogP contribution in [0.2, 0.25) is 0 Å². The molecular formula is C12H21N3O. The molecule has 1 aromatic heterocycles. The first-order valence-corrected chi connectivity index (χ1v) is 5.45. The maximum atomic E-state index is 9.35. The third-order valence-electron chi connectivity index (χ3n) is 2.92. The number of likely N-dealkylation sites (N-methyl/N-ethyl adjacent to an activating group) is 1. The fraction of sp³-hybridized carbons (Fsp3) is 0.583. The summed E-state index contributed by atoms with van der Waals surface area (Å²) >= 11 is 0. The summed E-state index contributed by atoms with van der Waals surface area (Å²) in [6.45, 7) is 5.93. The van der Waals surface area contributed by atoms with Crippen molar-refractivity contribution in [3.05, 3.63) is 23.9 Å². The molecule has 0 bridgehead atoms. The molecule has 1 atom stereocenters. The zero-order chi connectivity index (χ0) is 12.3. The average molecular weight is 223 g/mol. The van der Waals surface area contributed by atoms with Crippen molar-refractivity contribution in [1.29, 1.82) is 0 Å². The van der Waals surface area contributed by atoms with Crippen LogP contribution in [0.5, 0.6) is 0 Å². The molecular weight excluding hydrogens is 202 g/mol. The van der Waals surface area contributed by atoms with Crippen molar-refractivity contribution >= 4 is 5.82 Å². The van der Waals surface area contributed by atoms with Crippen LogP contribution in [0.15, 0.2) is 18.3 Å². The highest BCUT2D eigenvalue weighted by molar-refractivity contribution is 5.49. The maximum Gasteiger partial charge on any atom is 0.133 e. The van der Waals surface area contributed by atoms with Crippen molar-refractivity contribution in [1.82, 2.24) is 4.98 Å². The topological polar surface area (TPSA) is 62.4 Å². The Hall–Kier alpha value is -1.13. The van der Waals surface area contributed by atoms with Gasteiger partial charge < -0.3 is 15.7 Å². The quantitative estimate of drug-likeness (QED) is 0.808. The van der Waals surface area contributed by atoms with Gasteiger partial charge >= 0.3 is 0 Å². The first-order chi connectivity index (χ1) is 7.40. The standard InChI is InChI=1S/C12H21N3O/c1-9(13)10-6-5-7-14-11(10)15(4)12(2,3)8-16/h5-7,9,16H,8,13H2,1-4H3. The van der Waals surface area contributed by atoms with E-state index in [1.54, 1.807) is 6.20 Å². The molecule has 1 unspecified atom stereocenters. The number of aliphatic hydroxyl groups is 1. The van der Waals surface area contributed by atoms with Gasteiger partial charge in [-0.25, -0.2) is 4.98 Å². The molecule has 0 aliphatic carbocycles. The third-order valence-corrected chi connectivity index (χ3v) is 2.92. The van der Waals surface area contributed by atoms with Crippen LogP contribution in [0.25, 0.3) is 0 Å². The SMILES string of the molecule is CC(N)c1cccnc1N(C)C(C)(C)CO. The molecule has 4 heteroatoms. The Morgan fingerprint density at radius 2 is 2.19 bits per heavy atom. The number of hydrogen-bond acceptors (Lipinski definition) is 4. The minimum absolute atomic E-state index is 0.0679. The molecule has 3 N–H and O–H groups in total. The number of hydrogen-bond donors (Lipinski definition) is 2. The van der Waals surface area contributed by atoms with Crippen LogP contribution in [-0.4, -0.2) is 29.3 Å². The summed E-state index contributed by atoms with van der Waals surface area (Å²) in [5.74, 6) is 0.830. The molecule has 0 amide bonds. The maximum absolute atomic E-state index is 9.35. The van der Waals surface area contributed by atoms with Crippen molar-refractivity contribution in [2.24, 2.45) is 5.73 Å². The highest BCUT2D eigenvalue weighted by atomic mass is 16.3. The van der Waals surface area contributed by atoms with E-state index in [2.05, 4.69) is 4.98 Å². The van der Waals surface area contributed by atoms with E-state index in [9.17, 15) is 5.11 Å². The summed E-state index contributed by atoms with van der Waals surface area (Å²) < 4.78 is 0. The molecule has 0 saturated heterocycles. The predicted molar refractivity (Wildman–Crippen MR) is 66.4 cm³/mol. The summed E-state index contributed by atoms with van der Waals surface area (Å²) in [7, 11) is 1.92. The highest BCUT2D eigenvalue weighted by Crippen LogP contribution is 2.26. The number of anilines is 1. The molecule has 90 valence electrons. The van der Waals surface area contributed by atoms with E-state index >= 15 is 0 Å². The molecule has 1 rings (SSSR count). The average Bonchev–Trinajstić information content (AvgIpc) is 2.28. The number of aliphatic hydroxyl groups excluding tert-OH is 1. The van der Waals surface area contributed by atoms with Gasteiger partial charge in [0.05, 0.1) is 12.1 Å². The number of nitrogens with two attached hydrogens (primary N) is 1. The lowest BCUT2D eigenvalue weighted by molar-refractivity contribution is 0.215. The molecule has 0 aliphatic rings. The van der Waals surface area contributed by atoms with Gasteiger partial charge in [-0.1, -0.05) is 6.07 Å². The second-order valence-electron chi connectivity index (χ2n) is 4.73. The second kappa shape index (κ2) is 4.80. The van der Waals surface area contributed by atoms with Crippen LogP contribution in [-0.2, 0) is 0 Å². The molecule has 1 aromatic rings. The van der Waals surface area contributed by atoms with Gasteiger partial charge in [-0.3, -0.25) is 0 Å². The van der Waals surface area contributed by atoms with Crippen molar-refractivity contribution in [3.63, 3.8) is 0 Å². The summed E-state index contributed by atoms with van der Waals surface area (Å²) in [4.78, 5) is 6.31. The Morgan fingerprint density at radius 3 is 2.69 bits per heavy atom. The summed E-state index contributed by atoms with van der Waals surface area (Å²) in [6.07, 6.45) is 1.74.